The predicted octanol–water partition coefficient (Wildman–Crippen LogP) is 2.99. The van der Waals surface area contributed by atoms with Crippen molar-refractivity contribution < 1.29 is 19.4 Å². The molecule has 0 aromatic heterocycles. The van der Waals surface area contributed by atoms with Gasteiger partial charge in [0, 0.05) is 18.8 Å². The number of hydrogen-bond donors (Lipinski definition) is 3. The van der Waals surface area contributed by atoms with Gasteiger partial charge >= 0.3 is 6.03 Å². The number of ether oxygens (including phenoxy) is 2. The van der Waals surface area contributed by atoms with Crippen LogP contribution in [0, 0.1) is 0 Å². The topological polar surface area (TPSA) is 79.8 Å². The fourth-order valence-electron chi connectivity index (χ4n) is 1.89. The molecule has 0 fully saturated rings. The zero-order valence-electron chi connectivity index (χ0n) is 12.9. The first-order valence-corrected chi connectivity index (χ1v) is 7.29. The van der Waals surface area contributed by atoms with E-state index in [0.717, 1.165) is 0 Å². The molecule has 0 spiro atoms. The van der Waals surface area contributed by atoms with Gasteiger partial charge in [-0.2, -0.15) is 0 Å². The smallest absolute Gasteiger partial charge is 0.319 e. The number of aliphatic hydroxyl groups is 1. The van der Waals surface area contributed by atoms with E-state index in [1.54, 1.807) is 31.4 Å². The molecule has 6 heteroatoms. The molecule has 23 heavy (non-hydrogen) atoms. The second-order valence-electron chi connectivity index (χ2n) is 4.74. The molecule has 3 N–H and O–H groups in total. The van der Waals surface area contributed by atoms with Crippen LogP contribution in [0.5, 0.6) is 17.2 Å². The van der Waals surface area contributed by atoms with Crippen LogP contribution in [0.15, 0.2) is 48.5 Å². The van der Waals surface area contributed by atoms with Gasteiger partial charge in [-0.25, -0.2) is 4.79 Å². The number of rotatable bonds is 7. The highest BCUT2D eigenvalue weighted by atomic mass is 16.5. The molecule has 0 aliphatic rings. The van der Waals surface area contributed by atoms with Gasteiger partial charge in [0.2, 0.25) is 0 Å². The second kappa shape index (κ2) is 8.65. The highest BCUT2D eigenvalue weighted by Crippen LogP contribution is 2.31. The summed E-state index contributed by atoms with van der Waals surface area (Å²) in [6, 6.07) is 14.1. The number of amides is 2. The second-order valence-corrected chi connectivity index (χ2v) is 4.74. The minimum atomic E-state index is -0.308. The molecular weight excluding hydrogens is 296 g/mol. The van der Waals surface area contributed by atoms with Crippen LogP contribution >= 0.6 is 0 Å². The lowest BCUT2D eigenvalue weighted by Gasteiger charge is -2.11. The van der Waals surface area contributed by atoms with Gasteiger partial charge in [-0.15, -0.1) is 0 Å². The van der Waals surface area contributed by atoms with Gasteiger partial charge in [-0.1, -0.05) is 12.1 Å². The molecule has 0 aliphatic heterocycles. The third-order valence-electron chi connectivity index (χ3n) is 3.03. The zero-order chi connectivity index (χ0) is 16.5. The van der Waals surface area contributed by atoms with Crippen LogP contribution in [0.2, 0.25) is 0 Å². The fourth-order valence-corrected chi connectivity index (χ4v) is 1.89. The van der Waals surface area contributed by atoms with Crippen molar-refractivity contribution in [1.29, 1.82) is 0 Å². The molecule has 6 nitrogen and oxygen atoms in total. The maximum absolute atomic E-state index is 11.6. The molecule has 122 valence electrons. The van der Waals surface area contributed by atoms with Crippen LogP contribution in [0.4, 0.5) is 10.5 Å². The van der Waals surface area contributed by atoms with Crippen molar-refractivity contribution in [2.75, 3.05) is 25.6 Å². The Bertz CT molecular complexity index is 629. The average Bonchev–Trinajstić information content (AvgIpc) is 2.57. The summed E-state index contributed by atoms with van der Waals surface area (Å²) in [5.74, 6) is 1.91. The first-order chi connectivity index (χ1) is 11.2. The SMILES string of the molecule is COc1ccccc1Oc1ccc(NC(=O)NCCCO)cc1. The lowest BCUT2D eigenvalue weighted by atomic mass is 10.3. The van der Waals surface area contributed by atoms with Gasteiger partial charge < -0.3 is 25.2 Å². The standard InChI is InChI=1S/C17H20N2O4/c1-22-15-5-2-3-6-16(15)23-14-9-7-13(8-10-14)19-17(21)18-11-4-12-20/h2-3,5-10,20H,4,11-12H2,1H3,(H2,18,19,21). The molecule has 0 atom stereocenters. The molecule has 2 aromatic rings. The highest BCUT2D eigenvalue weighted by molar-refractivity contribution is 5.89. The molecule has 2 amide bonds. The van der Waals surface area contributed by atoms with Crippen molar-refractivity contribution >= 4 is 11.7 Å². The van der Waals surface area contributed by atoms with Crippen molar-refractivity contribution in [2.24, 2.45) is 0 Å². The van der Waals surface area contributed by atoms with Gasteiger partial charge in [-0.3, -0.25) is 0 Å². The Morgan fingerprint density at radius 2 is 1.78 bits per heavy atom. The van der Waals surface area contributed by atoms with Gasteiger partial charge in [-0.05, 0) is 42.8 Å². The van der Waals surface area contributed by atoms with Crippen molar-refractivity contribution in [1.82, 2.24) is 5.32 Å². The molecule has 0 heterocycles. The van der Waals surface area contributed by atoms with Crippen LogP contribution in [-0.2, 0) is 0 Å². The number of nitrogens with one attached hydrogen (secondary N) is 2. The molecule has 0 saturated heterocycles. The van der Waals surface area contributed by atoms with Crippen molar-refractivity contribution in [3.05, 3.63) is 48.5 Å². The summed E-state index contributed by atoms with van der Waals surface area (Å²) in [5.41, 5.74) is 0.652. The molecule has 0 aliphatic carbocycles. The number of benzene rings is 2. The minimum Gasteiger partial charge on any atom is -0.493 e. The van der Waals surface area contributed by atoms with E-state index in [0.29, 0.717) is 35.9 Å². The largest absolute Gasteiger partial charge is 0.493 e. The number of hydrogen-bond acceptors (Lipinski definition) is 4. The molecule has 0 saturated carbocycles. The van der Waals surface area contributed by atoms with E-state index >= 15 is 0 Å². The summed E-state index contributed by atoms with van der Waals surface area (Å²) in [6.45, 7) is 0.479. The number of para-hydroxylation sites is 2. The van der Waals surface area contributed by atoms with Gasteiger partial charge in [0.1, 0.15) is 5.75 Å². The maximum Gasteiger partial charge on any atom is 0.319 e. The van der Waals surface area contributed by atoms with E-state index in [2.05, 4.69) is 10.6 Å². The molecule has 0 unspecified atom stereocenters. The lowest BCUT2D eigenvalue weighted by Crippen LogP contribution is -2.29. The number of carbonyl (C=O) groups excluding carboxylic acids is 1. The summed E-state index contributed by atoms with van der Waals surface area (Å²) >= 11 is 0. The number of carbonyl (C=O) groups is 1. The van der Waals surface area contributed by atoms with Crippen molar-refractivity contribution in [3.63, 3.8) is 0 Å². The van der Waals surface area contributed by atoms with Gasteiger partial charge in [0.25, 0.3) is 0 Å². The van der Waals surface area contributed by atoms with Crippen molar-refractivity contribution in [3.8, 4) is 17.2 Å². The van der Waals surface area contributed by atoms with Crippen LogP contribution in [-0.4, -0.2) is 31.4 Å². The highest BCUT2D eigenvalue weighted by Gasteiger charge is 2.05. The Labute approximate surface area is 135 Å². The molecule has 2 rings (SSSR count). The Morgan fingerprint density at radius 3 is 2.43 bits per heavy atom. The fraction of sp³-hybridized carbons (Fsp3) is 0.235. The van der Waals surface area contributed by atoms with E-state index in [1.165, 1.54) is 0 Å². The summed E-state index contributed by atoms with van der Waals surface area (Å²) in [6.07, 6.45) is 0.527. The minimum absolute atomic E-state index is 0.0509. The number of methoxy groups -OCH3 is 1. The summed E-state index contributed by atoms with van der Waals surface area (Å²) in [4.78, 5) is 11.6. The van der Waals surface area contributed by atoms with Gasteiger partial charge in [0.15, 0.2) is 11.5 Å². The van der Waals surface area contributed by atoms with E-state index in [9.17, 15) is 4.79 Å². The van der Waals surface area contributed by atoms with Crippen molar-refractivity contribution in [2.45, 2.75) is 6.42 Å². The normalized spacial score (nSPS) is 10.0. The number of urea groups is 1. The third-order valence-corrected chi connectivity index (χ3v) is 3.03. The quantitative estimate of drug-likeness (QED) is 0.686. The Hall–Kier alpha value is -2.73. The molecule has 2 aromatic carbocycles. The molecule has 0 radical (unpaired) electrons. The van der Waals surface area contributed by atoms with Crippen LogP contribution < -0.4 is 20.1 Å². The van der Waals surface area contributed by atoms with E-state index in [1.807, 2.05) is 24.3 Å². The van der Waals surface area contributed by atoms with Crippen LogP contribution in [0.1, 0.15) is 6.42 Å². The van der Waals surface area contributed by atoms with Crippen LogP contribution in [0.3, 0.4) is 0 Å². The first-order valence-electron chi connectivity index (χ1n) is 7.29. The maximum atomic E-state index is 11.6. The number of anilines is 1. The first kappa shape index (κ1) is 16.6. The lowest BCUT2D eigenvalue weighted by molar-refractivity contribution is 0.249. The predicted molar refractivity (Wildman–Crippen MR) is 88.2 cm³/mol. The average molecular weight is 316 g/mol. The summed E-state index contributed by atoms with van der Waals surface area (Å²) < 4.78 is 11.0. The Balaban J connectivity index is 1.93. The molecule has 0 bridgehead atoms. The third kappa shape index (κ3) is 5.19. The summed E-state index contributed by atoms with van der Waals surface area (Å²) in [5, 5.41) is 14.0. The van der Waals surface area contributed by atoms with E-state index in [4.69, 9.17) is 14.6 Å². The number of aliphatic hydroxyl groups excluding tert-OH is 1. The van der Waals surface area contributed by atoms with Crippen LogP contribution in [0.25, 0.3) is 0 Å². The zero-order valence-corrected chi connectivity index (χ0v) is 12.9. The van der Waals surface area contributed by atoms with Gasteiger partial charge in [0.05, 0.1) is 7.11 Å². The van der Waals surface area contributed by atoms with E-state index in [-0.39, 0.29) is 12.6 Å². The molecular formula is C17H20N2O4. The Morgan fingerprint density at radius 1 is 1.09 bits per heavy atom. The summed E-state index contributed by atoms with van der Waals surface area (Å²) in [7, 11) is 1.59. The Kier molecular flexibility index (Phi) is 6.26. The monoisotopic (exact) mass is 316 g/mol. The van der Waals surface area contributed by atoms with E-state index < -0.39 is 0 Å².